The third-order valence-corrected chi connectivity index (χ3v) is 5.53. The van der Waals surface area contributed by atoms with Crippen molar-refractivity contribution in [2.24, 2.45) is 0 Å². The molecule has 2 aromatic carbocycles. The molecule has 3 heteroatoms. The molecule has 1 atom stereocenters. The van der Waals surface area contributed by atoms with E-state index in [0.29, 0.717) is 5.92 Å². The molecule has 1 saturated carbocycles. The average molecular weight is 328 g/mol. The molecule has 0 heterocycles. The van der Waals surface area contributed by atoms with Gasteiger partial charge >= 0.3 is 0 Å². The number of rotatable bonds is 4. The zero-order valence-electron chi connectivity index (χ0n) is 14.0. The van der Waals surface area contributed by atoms with Crippen LogP contribution in [0.1, 0.15) is 43.6 Å². The Morgan fingerprint density at radius 1 is 0.870 bits per heavy atom. The quantitative estimate of drug-likeness (QED) is 0.742. The number of ether oxygens (including phenoxy) is 2. The molecule has 0 spiro atoms. The van der Waals surface area contributed by atoms with E-state index >= 15 is 0 Å². The zero-order valence-corrected chi connectivity index (χ0v) is 15.1. The molecule has 0 aliphatic heterocycles. The molecule has 1 fully saturated rings. The van der Waals surface area contributed by atoms with Crippen molar-refractivity contribution in [1.29, 1.82) is 0 Å². The highest BCUT2D eigenvalue weighted by molar-refractivity contribution is 7.28. The first-order valence-corrected chi connectivity index (χ1v) is 8.93. The summed E-state index contributed by atoms with van der Waals surface area (Å²) in [5.41, 5.74) is 3.69. The monoisotopic (exact) mass is 328 g/mol. The lowest BCUT2D eigenvalue weighted by molar-refractivity contribution is 0.397. The molecule has 2 aromatic rings. The molecular formula is C20H25O2P. The second-order valence-electron chi connectivity index (χ2n) is 6.18. The maximum absolute atomic E-state index is 5.59. The van der Waals surface area contributed by atoms with Crippen LogP contribution in [-0.2, 0) is 0 Å². The minimum absolute atomic E-state index is 0.678. The van der Waals surface area contributed by atoms with Crippen LogP contribution in [-0.4, -0.2) is 14.2 Å². The molecule has 122 valence electrons. The van der Waals surface area contributed by atoms with Crippen LogP contribution in [0.5, 0.6) is 11.5 Å². The number of hydrogen-bond acceptors (Lipinski definition) is 2. The Hall–Kier alpha value is -1.53. The van der Waals surface area contributed by atoms with Gasteiger partial charge in [0.15, 0.2) is 0 Å². The van der Waals surface area contributed by atoms with Crippen LogP contribution in [0.15, 0.2) is 36.4 Å². The van der Waals surface area contributed by atoms with Gasteiger partial charge < -0.3 is 9.47 Å². The van der Waals surface area contributed by atoms with Crippen molar-refractivity contribution in [3.8, 4) is 22.6 Å². The number of benzene rings is 2. The lowest BCUT2D eigenvalue weighted by Crippen LogP contribution is -2.14. The zero-order chi connectivity index (χ0) is 16.2. The summed E-state index contributed by atoms with van der Waals surface area (Å²) < 4.78 is 11.2. The van der Waals surface area contributed by atoms with E-state index < -0.39 is 0 Å². The first kappa shape index (κ1) is 16.3. The third-order valence-electron chi connectivity index (χ3n) is 4.88. The van der Waals surface area contributed by atoms with Gasteiger partial charge in [-0.3, -0.25) is 0 Å². The van der Waals surface area contributed by atoms with E-state index in [-0.39, 0.29) is 0 Å². The van der Waals surface area contributed by atoms with Gasteiger partial charge in [-0.05, 0) is 47.3 Å². The summed E-state index contributed by atoms with van der Waals surface area (Å²) in [6.07, 6.45) is 6.67. The summed E-state index contributed by atoms with van der Waals surface area (Å²) in [5.74, 6) is 2.39. The highest BCUT2D eigenvalue weighted by Gasteiger charge is 2.21. The molecule has 0 N–H and O–H groups in total. The summed E-state index contributed by atoms with van der Waals surface area (Å²) >= 11 is 0. The first-order chi connectivity index (χ1) is 11.3. The first-order valence-electron chi connectivity index (χ1n) is 8.36. The largest absolute Gasteiger partial charge is 0.496 e. The Morgan fingerprint density at radius 3 is 2.09 bits per heavy atom. The van der Waals surface area contributed by atoms with Crippen molar-refractivity contribution in [1.82, 2.24) is 0 Å². The van der Waals surface area contributed by atoms with Gasteiger partial charge in [-0.25, -0.2) is 0 Å². The molecule has 1 aliphatic carbocycles. The van der Waals surface area contributed by atoms with Crippen LogP contribution in [0.2, 0.25) is 0 Å². The van der Waals surface area contributed by atoms with Gasteiger partial charge in [0.05, 0.1) is 19.8 Å². The van der Waals surface area contributed by atoms with Crippen LogP contribution in [0.3, 0.4) is 0 Å². The summed E-state index contributed by atoms with van der Waals surface area (Å²) in [6.45, 7) is 0. The second kappa shape index (κ2) is 7.36. The average Bonchev–Trinajstić information content (AvgIpc) is 2.62. The highest BCUT2D eigenvalue weighted by Crippen LogP contribution is 2.40. The topological polar surface area (TPSA) is 18.5 Å². The molecule has 0 aromatic heterocycles. The Labute approximate surface area is 141 Å². The molecular weight excluding hydrogens is 303 g/mol. The fourth-order valence-corrected chi connectivity index (χ4v) is 4.26. The predicted molar refractivity (Wildman–Crippen MR) is 100 cm³/mol. The fourth-order valence-electron chi connectivity index (χ4n) is 3.69. The third kappa shape index (κ3) is 3.23. The van der Waals surface area contributed by atoms with Crippen molar-refractivity contribution in [2.75, 3.05) is 14.2 Å². The lowest BCUT2D eigenvalue weighted by Gasteiger charge is -2.25. The van der Waals surface area contributed by atoms with Crippen LogP contribution in [0, 0.1) is 0 Å². The molecule has 23 heavy (non-hydrogen) atoms. The molecule has 0 saturated heterocycles. The maximum atomic E-state index is 5.59. The molecule has 1 unspecified atom stereocenters. The molecule has 3 rings (SSSR count). The van der Waals surface area contributed by atoms with Crippen molar-refractivity contribution in [2.45, 2.75) is 38.0 Å². The standard InChI is InChI=1S/C20H25O2P/c1-21-17-12-7-13-18(22-2)19(17)16-11-6-10-15(20(16)23)14-8-4-3-5-9-14/h6-7,10-14H,3-5,8-9,23H2,1-2H3. The lowest BCUT2D eigenvalue weighted by atomic mass is 9.83. The molecule has 1 aliphatic rings. The Morgan fingerprint density at radius 2 is 1.48 bits per heavy atom. The van der Waals surface area contributed by atoms with Crippen LogP contribution >= 0.6 is 9.24 Å². The SMILES string of the molecule is COc1cccc(OC)c1-c1cccc(C2CCCCC2)c1P. The summed E-state index contributed by atoms with van der Waals surface area (Å²) in [4.78, 5) is 0. The summed E-state index contributed by atoms with van der Waals surface area (Å²) in [6, 6.07) is 12.6. The van der Waals surface area contributed by atoms with Gasteiger partial charge in [-0.1, -0.05) is 43.5 Å². The minimum atomic E-state index is 0.678. The van der Waals surface area contributed by atoms with Gasteiger partial charge in [0, 0.05) is 0 Å². The van der Waals surface area contributed by atoms with E-state index in [2.05, 4.69) is 27.4 Å². The smallest absolute Gasteiger partial charge is 0.130 e. The maximum Gasteiger partial charge on any atom is 0.130 e. The molecule has 0 bridgehead atoms. The number of methoxy groups -OCH3 is 2. The van der Waals surface area contributed by atoms with Gasteiger partial charge in [0.25, 0.3) is 0 Å². The summed E-state index contributed by atoms with van der Waals surface area (Å²) in [7, 11) is 6.39. The molecule has 0 radical (unpaired) electrons. The Bertz CT molecular complexity index is 653. The molecule has 2 nitrogen and oxygen atoms in total. The van der Waals surface area contributed by atoms with E-state index in [9.17, 15) is 0 Å². The second-order valence-corrected chi connectivity index (χ2v) is 6.76. The Balaban J connectivity index is 2.11. The summed E-state index contributed by atoms with van der Waals surface area (Å²) in [5, 5.41) is 1.28. The van der Waals surface area contributed by atoms with E-state index in [1.807, 2.05) is 18.2 Å². The number of hydrogen-bond donors (Lipinski definition) is 0. The molecule has 0 amide bonds. The van der Waals surface area contributed by atoms with Crippen molar-refractivity contribution < 1.29 is 9.47 Å². The van der Waals surface area contributed by atoms with Crippen molar-refractivity contribution in [3.63, 3.8) is 0 Å². The van der Waals surface area contributed by atoms with Gasteiger partial charge in [-0.2, -0.15) is 0 Å². The van der Waals surface area contributed by atoms with E-state index in [1.165, 1.54) is 48.5 Å². The Kier molecular flexibility index (Phi) is 5.23. The van der Waals surface area contributed by atoms with Gasteiger partial charge in [-0.15, -0.1) is 9.24 Å². The normalized spacial score (nSPS) is 15.4. The van der Waals surface area contributed by atoms with E-state index in [4.69, 9.17) is 9.47 Å². The van der Waals surface area contributed by atoms with Gasteiger partial charge in [0.2, 0.25) is 0 Å². The van der Waals surface area contributed by atoms with E-state index in [0.717, 1.165) is 17.1 Å². The van der Waals surface area contributed by atoms with Crippen molar-refractivity contribution in [3.05, 3.63) is 42.0 Å². The highest BCUT2D eigenvalue weighted by atomic mass is 31.0. The van der Waals surface area contributed by atoms with Crippen LogP contribution < -0.4 is 14.8 Å². The van der Waals surface area contributed by atoms with E-state index in [1.54, 1.807) is 14.2 Å². The van der Waals surface area contributed by atoms with Crippen LogP contribution in [0.25, 0.3) is 11.1 Å². The predicted octanol–water partition coefficient (Wildman–Crippen LogP) is 4.92. The minimum Gasteiger partial charge on any atom is -0.496 e. The van der Waals surface area contributed by atoms with Crippen LogP contribution in [0.4, 0.5) is 0 Å². The fraction of sp³-hybridized carbons (Fsp3) is 0.400. The van der Waals surface area contributed by atoms with Crippen molar-refractivity contribution >= 4 is 14.5 Å². The van der Waals surface area contributed by atoms with Gasteiger partial charge in [0.1, 0.15) is 11.5 Å².